The van der Waals surface area contributed by atoms with Crippen molar-refractivity contribution in [1.29, 1.82) is 0 Å². The summed E-state index contributed by atoms with van der Waals surface area (Å²) in [5.74, 6) is 1.80. The Morgan fingerprint density at radius 1 is 1.19 bits per heavy atom. The summed E-state index contributed by atoms with van der Waals surface area (Å²) in [6.45, 7) is 10.1. The normalized spacial score (nSPS) is 13.3. The lowest BCUT2D eigenvalue weighted by molar-refractivity contribution is -0.111. The molecule has 1 unspecified atom stereocenters. The minimum absolute atomic E-state index is 0.271. The first-order valence-electron chi connectivity index (χ1n) is 12.6. The number of allylic oxidation sites excluding steroid dienone is 1. The number of piperidine rings is 1. The van der Waals surface area contributed by atoms with Crippen LogP contribution in [0.25, 0.3) is 0 Å². The maximum absolute atomic E-state index is 10.6. The van der Waals surface area contributed by atoms with Crippen LogP contribution < -0.4 is 16.0 Å². The quantitative estimate of drug-likeness (QED) is 0.155. The first-order valence-corrected chi connectivity index (χ1v) is 14.1. The number of carbonyl (C=O) groups excluding carboxylic acids is 1. The van der Waals surface area contributed by atoms with E-state index >= 15 is 0 Å². The lowest BCUT2D eigenvalue weighted by atomic mass is 9.98. The zero-order valence-electron chi connectivity index (χ0n) is 23.0. The molecule has 0 radical (unpaired) electrons. The molecule has 1 aliphatic rings. The van der Waals surface area contributed by atoms with Gasteiger partial charge in [-0.1, -0.05) is 52.7 Å². The second kappa shape index (κ2) is 26.9. The van der Waals surface area contributed by atoms with Gasteiger partial charge in [0.1, 0.15) is 6.29 Å². The van der Waals surface area contributed by atoms with E-state index in [-0.39, 0.29) is 5.92 Å². The smallest absolute Gasteiger partial charge is 0.123 e. The number of hydrogen-bond donors (Lipinski definition) is 3. The minimum Gasteiger partial charge on any atom is -0.371 e. The van der Waals surface area contributed by atoms with Crippen LogP contribution in [0.4, 0.5) is 5.69 Å². The predicted octanol–water partition coefficient (Wildman–Crippen LogP) is 6.19. The average molecular weight is 592 g/mol. The molecule has 5 nitrogen and oxygen atoms in total. The summed E-state index contributed by atoms with van der Waals surface area (Å²) in [5, 5.41) is 3.08. The molecule has 1 atom stereocenters. The van der Waals surface area contributed by atoms with E-state index in [9.17, 15) is 4.79 Å². The molecule has 3 N–H and O–H groups in total. The van der Waals surface area contributed by atoms with E-state index in [0.717, 1.165) is 55.5 Å². The molecule has 1 saturated heterocycles. The van der Waals surface area contributed by atoms with Gasteiger partial charge in [-0.05, 0) is 83.4 Å². The molecule has 0 bridgehead atoms. The van der Waals surface area contributed by atoms with Crippen LogP contribution in [0.1, 0.15) is 38.7 Å². The number of anilines is 1. The number of rotatable bonds is 7. The number of aromatic nitrogens is 1. The van der Waals surface area contributed by atoms with Gasteiger partial charge in [-0.3, -0.25) is 4.98 Å². The number of nitrogens with zero attached hydrogens (tertiary/aromatic N) is 2. The zero-order valence-corrected chi connectivity index (χ0v) is 25.5. The van der Waals surface area contributed by atoms with Crippen LogP contribution in [0.2, 0.25) is 0 Å². The summed E-state index contributed by atoms with van der Waals surface area (Å²) in [6, 6.07) is 12.3. The molecule has 0 spiro atoms. The number of halogens is 1. The summed E-state index contributed by atoms with van der Waals surface area (Å²) in [4.78, 5) is 16.9. The third kappa shape index (κ3) is 21.7. The standard InChI is InChI=1S/C11H14N2O.C7H7Br.C6H16N2.C4H8S.C2H2/c14-9-10-3-7-13(8-4-10)11-1-5-12-6-2-11;1-6-2-4-7(8)5-3-6;1-6(5-7)3-4-8-2;1-2-3-4-5;1-2/h1-2,5-6,9-10H,3-4,7-8H2;2-5H,1H3;6,8H,3-5,7H2,1-2H3;2-3,5H,4H2,1H3;1-2H/b;;;3-2-;. The molecule has 1 aliphatic heterocycles. The van der Waals surface area contributed by atoms with E-state index in [0.29, 0.717) is 5.92 Å². The third-order valence-electron chi connectivity index (χ3n) is 5.40. The number of pyridine rings is 1. The molecule has 1 aromatic heterocycles. The van der Waals surface area contributed by atoms with Crippen LogP contribution in [0.3, 0.4) is 0 Å². The Labute approximate surface area is 240 Å². The SMILES string of the molecule is C#C.C/C=C\CS.CNCCC(C)CN.Cc1ccc(Br)cc1.O=CC1CCN(c2ccncc2)CC1. The van der Waals surface area contributed by atoms with Crippen molar-refractivity contribution in [2.24, 2.45) is 17.6 Å². The van der Waals surface area contributed by atoms with Gasteiger partial charge < -0.3 is 20.7 Å². The van der Waals surface area contributed by atoms with Crippen LogP contribution in [-0.4, -0.2) is 50.2 Å². The maximum Gasteiger partial charge on any atom is 0.123 e. The molecular formula is C30H47BrN4OS. The van der Waals surface area contributed by atoms with Gasteiger partial charge in [0.2, 0.25) is 0 Å². The fourth-order valence-corrected chi connectivity index (χ4v) is 3.47. The largest absolute Gasteiger partial charge is 0.371 e. The second-order valence-electron chi connectivity index (χ2n) is 8.45. The lowest BCUT2D eigenvalue weighted by Crippen LogP contribution is -2.33. The van der Waals surface area contributed by atoms with Gasteiger partial charge in [-0.25, -0.2) is 0 Å². The third-order valence-corrected chi connectivity index (χ3v) is 6.14. The Balaban J connectivity index is 0. The van der Waals surface area contributed by atoms with Gasteiger partial charge in [-0.15, -0.1) is 12.8 Å². The van der Waals surface area contributed by atoms with E-state index in [4.69, 9.17) is 5.73 Å². The molecule has 206 valence electrons. The van der Waals surface area contributed by atoms with Crippen molar-refractivity contribution >= 4 is 40.5 Å². The zero-order chi connectivity index (χ0) is 28.3. The number of hydrogen-bond acceptors (Lipinski definition) is 6. The van der Waals surface area contributed by atoms with E-state index in [1.54, 1.807) is 12.4 Å². The monoisotopic (exact) mass is 590 g/mol. The van der Waals surface area contributed by atoms with Crippen molar-refractivity contribution in [1.82, 2.24) is 10.3 Å². The number of aldehydes is 1. The Hall–Kier alpha value is -2.11. The summed E-state index contributed by atoms with van der Waals surface area (Å²) in [6.07, 6.45) is 19.8. The summed E-state index contributed by atoms with van der Waals surface area (Å²) in [7, 11) is 1.96. The molecule has 1 aromatic carbocycles. The van der Waals surface area contributed by atoms with E-state index in [2.05, 4.69) is 82.6 Å². The highest BCUT2D eigenvalue weighted by Gasteiger charge is 2.18. The molecule has 1 fully saturated rings. The van der Waals surface area contributed by atoms with Crippen molar-refractivity contribution in [3.63, 3.8) is 0 Å². The molecule has 3 rings (SSSR count). The average Bonchev–Trinajstić information content (AvgIpc) is 2.96. The minimum atomic E-state index is 0.271. The molecule has 0 saturated carbocycles. The van der Waals surface area contributed by atoms with E-state index < -0.39 is 0 Å². The predicted molar refractivity (Wildman–Crippen MR) is 169 cm³/mol. The fraction of sp³-hybridized carbons (Fsp3) is 0.467. The van der Waals surface area contributed by atoms with Gasteiger partial charge in [0.25, 0.3) is 0 Å². The Kier molecular flexibility index (Phi) is 27.0. The summed E-state index contributed by atoms with van der Waals surface area (Å²) >= 11 is 7.26. The molecule has 2 aromatic rings. The van der Waals surface area contributed by atoms with Crippen molar-refractivity contribution in [3.05, 3.63) is 71.0 Å². The van der Waals surface area contributed by atoms with Crippen LogP contribution >= 0.6 is 28.6 Å². The molecule has 0 amide bonds. The molecule has 7 heteroatoms. The van der Waals surface area contributed by atoms with Crippen LogP contribution in [0.15, 0.2) is 65.4 Å². The Bertz CT molecular complexity index is 786. The first-order chi connectivity index (χ1) is 17.9. The number of terminal acetylenes is 1. The van der Waals surface area contributed by atoms with Crippen molar-refractivity contribution in [2.45, 2.75) is 40.0 Å². The number of benzene rings is 1. The Morgan fingerprint density at radius 2 is 1.76 bits per heavy atom. The second-order valence-corrected chi connectivity index (χ2v) is 9.73. The van der Waals surface area contributed by atoms with Crippen LogP contribution in [0, 0.1) is 31.6 Å². The van der Waals surface area contributed by atoms with Crippen molar-refractivity contribution in [3.8, 4) is 12.8 Å². The first kappa shape index (κ1) is 37.0. The number of nitrogens with one attached hydrogen (secondary N) is 1. The highest BCUT2D eigenvalue weighted by atomic mass is 79.9. The number of aryl methyl sites for hydroxylation is 1. The fourth-order valence-electron chi connectivity index (χ4n) is 3.00. The molecule has 37 heavy (non-hydrogen) atoms. The van der Waals surface area contributed by atoms with Crippen molar-refractivity contribution < 1.29 is 4.79 Å². The van der Waals surface area contributed by atoms with Gasteiger partial charge in [0.15, 0.2) is 0 Å². The van der Waals surface area contributed by atoms with Gasteiger partial charge >= 0.3 is 0 Å². The van der Waals surface area contributed by atoms with Crippen molar-refractivity contribution in [2.75, 3.05) is 43.9 Å². The Morgan fingerprint density at radius 3 is 2.14 bits per heavy atom. The highest BCUT2D eigenvalue weighted by molar-refractivity contribution is 9.10. The van der Waals surface area contributed by atoms with Gasteiger partial charge in [0, 0.05) is 47.3 Å². The number of thiol groups is 1. The molecule has 2 heterocycles. The number of carbonyl (C=O) groups is 1. The van der Waals surface area contributed by atoms with Crippen LogP contribution in [-0.2, 0) is 4.79 Å². The van der Waals surface area contributed by atoms with E-state index in [1.807, 2.05) is 50.4 Å². The highest BCUT2D eigenvalue weighted by Crippen LogP contribution is 2.21. The topological polar surface area (TPSA) is 71.2 Å². The van der Waals surface area contributed by atoms with Crippen LogP contribution in [0.5, 0.6) is 0 Å². The summed E-state index contributed by atoms with van der Waals surface area (Å²) < 4.78 is 1.14. The molecule has 0 aliphatic carbocycles. The van der Waals surface area contributed by atoms with Gasteiger partial charge in [0.05, 0.1) is 0 Å². The van der Waals surface area contributed by atoms with E-state index in [1.165, 1.54) is 17.7 Å². The van der Waals surface area contributed by atoms with Gasteiger partial charge in [-0.2, -0.15) is 12.6 Å². The number of nitrogens with two attached hydrogens (primary N) is 1. The molecular weight excluding hydrogens is 544 g/mol. The lowest BCUT2D eigenvalue weighted by Gasteiger charge is -2.31. The maximum atomic E-state index is 10.6. The summed E-state index contributed by atoms with van der Waals surface area (Å²) in [5.41, 5.74) is 7.90.